The fourth-order valence-electron chi connectivity index (χ4n) is 21.4. The van der Waals surface area contributed by atoms with Crippen molar-refractivity contribution in [2.75, 3.05) is 0 Å². The van der Waals surface area contributed by atoms with E-state index in [0.29, 0.717) is 28.0 Å². The van der Waals surface area contributed by atoms with Crippen molar-refractivity contribution in [3.63, 3.8) is 0 Å². The highest BCUT2D eigenvalue weighted by Gasteiger charge is 2.32. The van der Waals surface area contributed by atoms with E-state index in [9.17, 15) is 9.59 Å². The van der Waals surface area contributed by atoms with Crippen molar-refractivity contribution >= 4 is 163 Å². The van der Waals surface area contributed by atoms with E-state index in [1.54, 1.807) is 30.6 Å². The molecule has 1 aliphatic carbocycles. The van der Waals surface area contributed by atoms with Gasteiger partial charge >= 0.3 is 0 Å². The van der Waals surface area contributed by atoms with Gasteiger partial charge in [0, 0.05) is 40.0 Å². The summed E-state index contributed by atoms with van der Waals surface area (Å²) in [6.45, 7) is 3.91. The largest absolute Gasteiger partial charge is 0.288 e. The number of pyridine rings is 3. The number of carbonyl (C=O) groups excluding carboxylic acids is 2. The molecule has 0 fully saturated rings. The molecule has 0 aliphatic heterocycles. The maximum Gasteiger partial charge on any atom is 0.212 e. The number of aromatic nitrogens is 7. The fraction of sp³-hybridized carbons (Fsp3) is 0.0153. The molecule has 22 aromatic carbocycles. The predicted octanol–water partition coefficient (Wildman–Crippen LogP) is 33.4. The first kappa shape index (κ1) is 82.1. The van der Waals surface area contributed by atoms with Crippen LogP contribution >= 0.6 is 0 Å². The van der Waals surface area contributed by atoms with Gasteiger partial charge in [0.05, 0.1) is 34.5 Å². The van der Waals surface area contributed by atoms with Gasteiger partial charge in [-0.15, -0.1) is 0 Å². The van der Waals surface area contributed by atoms with E-state index < -0.39 is 0 Å². The van der Waals surface area contributed by atoms with E-state index in [1.807, 2.05) is 38.2 Å². The molecule has 0 saturated carbocycles. The molecule has 5 heterocycles. The topological polar surface area (TPSA) is 124 Å². The molecule has 9 heteroatoms. The van der Waals surface area contributed by atoms with Crippen molar-refractivity contribution < 1.29 is 9.59 Å². The Kier molecular flexibility index (Phi) is 19.8. The average molecular weight is 1790 g/mol. The first-order chi connectivity index (χ1) is 69.0. The molecule has 140 heavy (non-hydrogen) atoms. The highest BCUT2D eigenvalue weighted by Crippen LogP contribution is 2.51. The number of ketones is 2. The van der Waals surface area contributed by atoms with Crippen LogP contribution in [-0.2, 0) is 0 Å². The van der Waals surface area contributed by atoms with Gasteiger partial charge in [0.15, 0.2) is 22.7 Å². The van der Waals surface area contributed by atoms with Crippen molar-refractivity contribution in [3.8, 4) is 100 Å². The molecule has 0 spiro atoms. The lowest BCUT2D eigenvalue weighted by molar-refractivity contribution is 0.0975. The summed E-state index contributed by atoms with van der Waals surface area (Å²) >= 11 is 0. The lowest BCUT2D eigenvalue weighted by Crippen LogP contribution is -2.22. The zero-order valence-electron chi connectivity index (χ0n) is 76.2. The van der Waals surface area contributed by atoms with Crippen LogP contribution in [0.4, 0.5) is 0 Å². The molecule has 0 unspecified atom stereocenters. The number of hydrogen-bond acceptors (Lipinski definition) is 9. The highest BCUT2D eigenvalue weighted by atomic mass is 16.1. The van der Waals surface area contributed by atoms with Crippen LogP contribution in [0.2, 0.25) is 0 Å². The maximum atomic E-state index is 13.6. The van der Waals surface area contributed by atoms with Gasteiger partial charge in [-0.25, -0.2) is 29.9 Å². The summed E-state index contributed by atoms with van der Waals surface area (Å²) in [4.78, 5) is 59.6. The first-order valence-electron chi connectivity index (χ1n) is 47.3. The Labute approximate surface area is 805 Å². The smallest absolute Gasteiger partial charge is 0.212 e. The lowest BCUT2D eigenvalue weighted by atomic mass is 9.83. The SMILES string of the molecule is Cc1nc2ncc(-c3ccc4c(-c5ccc6ccccc6c5)c5ccccc5c(-c5ccc6ccccc6c5)c4c3)nc2nc1C.O=C1c2cc(-c3ccc4c(-c5ccc6ccccc6c5)c5ccccc5c(-c5ccc6ccccc6c5)c4c3)ccc2C(=O)c2ncccc21.c1ccc2cc(-c3c4ccccc4c(-c4ccc5ccccc5c4)c4cc(-c5ccc6cccnc6n5)ccc34)ccc2c1. The minimum Gasteiger partial charge on any atom is -0.288 e. The van der Waals surface area contributed by atoms with E-state index in [1.165, 1.54) is 169 Å². The number of rotatable bonds is 9. The monoisotopic (exact) mass is 1780 g/mol. The Morgan fingerprint density at radius 2 is 0.464 bits per heavy atom. The molecule has 9 nitrogen and oxygen atoms in total. The number of carbonyl (C=O) groups is 2. The molecular weight excluding hydrogens is 1700 g/mol. The third-order valence-corrected chi connectivity index (χ3v) is 28.3. The van der Waals surface area contributed by atoms with Gasteiger partial charge in [0.25, 0.3) is 0 Å². The fourth-order valence-corrected chi connectivity index (χ4v) is 21.4. The van der Waals surface area contributed by atoms with Crippen LogP contribution in [0.15, 0.2) is 455 Å². The Hall–Kier alpha value is -18.6. The van der Waals surface area contributed by atoms with Crippen LogP contribution in [0, 0.1) is 13.8 Å². The standard InChI is InChI=1S/C47H27NO2.C42H28N4.C42H26N2/c49-46-40-14-7-23-48-45(40)47(50)39-22-20-33(27-42(39)46)32-19-21-38-41(26-32)44(35-18-16-29-9-2-4-11-31(29)25-35)37-13-6-5-12-36(37)43(38)34-17-15-28-8-1-3-10-30(28)24-34;1-25-26(2)45-42-41(44-25)43-24-38(46-42)31-19-20-36-37(23-31)40(33-18-16-28-10-4-6-12-30(28)22-33)35-14-8-7-13-34(35)39(36)32-17-15-27-9-3-5-11-29(27)21-32;1-3-10-30-24-33(17-15-27(30)8-1)40-35-13-5-6-14-36(35)41(34-18-16-28-9-2-4-11-31(28)25-34)38-26-32(19-21-37(38)40)39-22-20-29-12-7-23-43-42(29)44-39/h1-27H;3-24H,1-2H3;1-26H. The number of fused-ring (bicyclic) bond motifs is 16. The summed E-state index contributed by atoms with van der Waals surface area (Å²) in [5, 5.41) is 30.1. The molecule has 0 amide bonds. The van der Waals surface area contributed by atoms with E-state index in [-0.39, 0.29) is 17.3 Å². The second-order valence-corrected chi connectivity index (χ2v) is 36.4. The Bertz CT molecular complexity index is 9960. The second-order valence-electron chi connectivity index (χ2n) is 36.4. The summed E-state index contributed by atoms with van der Waals surface area (Å²) in [6, 6.07) is 156. The molecule has 1 aliphatic rings. The van der Waals surface area contributed by atoms with Crippen molar-refractivity contribution in [2.24, 2.45) is 0 Å². The van der Waals surface area contributed by atoms with Gasteiger partial charge in [-0.2, -0.15) is 0 Å². The number of nitrogens with zero attached hydrogens (tertiary/aromatic N) is 7. The first-order valence-corrected chi connectivity index (χ1v) is 47.3. The molecule has 0 radical (unpaired) electrons. The van der Waals surface area contributed by atoms with Crippen LogP contribution < -0.4 is 0 Å². The van der Waals surface area contributed by atoms with Gasteiger partial charge < -0.3 is 0 Å². The molecular formula is C131H81N7O2. The van der Waals surface area contributed by atoms with Gasteiger partial charge in [-0.1, -0.05) is 334 Å². The Balaban J connectivity index is 0.000000108. The molecule has 652 valence electrons. The summed E-state index contributed by atoms with van der Waals surface area (Å²) in [7, 11) is 0. The molecule has 0 saturated heterocycles. The third kappa shape index (κ3) is 14.3. The maximum absolute atomic E-state index is 13.6. The lowest BCUT2D eigenvalue weighted by Gasteiger charge is -2.20. The van der Waals surface area contributed by atoms with Crippen LogP contribution in [-0.4, -0.2) is 46.5 Å². The molecule has 5 aromatic heterocycles. The summed E-state index contributed by atoms with van der Waals surface area (Å²) in [5.41, 5.74) is 25.0. The molecule has 0 atom stereocenters. The van der Waals surface area contributed by atoms with Gasteiger partial charge in [-0.05, 0) is 324 Å². The Morgan fingerprint density at radius 3 is 0.871 bits per heavy atom. The summed E-state index contributed by atoms with van der Waals surface area (Å²) in [6.07, 6.45) is 5.18. The van der Waals surface area contributed by atoms with E-state index in [2.05, 4.69) is 420 Å². The van der Waals surface area contributed by atoms with E-state index in [4.69, 9.17) is 15.0 Å². The van der Waals surface area contributed by atoms with Gasteiger partial charge in [-0.3, -0.25) is 14.6 Å². The summed E-state index contributed by atoms with van der Waals surface area (Å²) < 4.78 is 0. The molecule has 0 N–H and O–H groups in total. The van der Waals surface area contributed by atoms with Crippen molar-refractivity contribution in [3.05, 3.63) is 489 Å². The van der Waals surface area contributed by atoms with E-state index >= 15 is 0 Å². The van der Waals surface area contributed by atoms with Crippen LogP contribution in [0.3, 0.4) is 0 Å². The van der Waals surface area contributed by atoms with Gasteiger partial charge in [0.2, 0.25) is 5.78 Å². The zero-order chi connectivity index (χ0) is 93.2. The van der Waals surface area contributed by atoms with E-state index in [0.717, 1.165) is 83.5 Å². The average Bonchev–Trinajstić information content (AvgIpc) is 0.730. The highest BCUT2D eigenvalue weighted by molar-refractivity contribution is 6.30. The molecule has 27 aromatic rings. The third-order valence-electron chi connectivity index (χ3n) is 28.3. The Morgan fingerprint density at radius 1 is 0.171 bits per heavy atom. The van der Waals surface area contributed by atoms with Gasteiger partial charge in [0.1, 0.15) is 5.69 Å². The normalized spacial score (nSPS) is 12.0. The zero-order valence-corrected chi connectivity index (χ0v) is 76.2. The van der Waals surface area contributed by atoms with Crippen molar-refractivity contribution in [2.45, 2.75) is 13.8 Å². The molecule has 28 rings (SSSR count). The number of hydrogen-bond donors (Lipinski definition) is 0. The number of benzene rings is 22. The predicted molar refractivity (Wildman–Crippen MR) is 581 cm³/mol. The number of aryl methyl sites for hydroxylation is 2. The van der Waals surface area contributed by atoms with Crippen LogP contribution in [0.5, 0.6) is 0 Å². The van der Waals surface area contributed by atoms with Crippen molar-refractivity contribution in [1.29, 1.82) is 0 Å². The molecule has 0 bridgehead atoms. The minimum absolute atomic E-state index is 0.174. The summed E-state index contributed by atoms with van der Waals surface area (Å²) in [5.74, 6) is -0.392. The second kappa shape index (κ2) is 33.8. The van der Waals surface area contributed by atoms with Crippen LogP contribution in [0.1, 0.15) is 43.4 Å². The quantitative estimate of drug-likeness (QED) is 0.130. The minimum atomic E-state index is -0.217. The van der Waals surface area contributed by atoms with Crippen molar-refractivity contribution in [1.82, 2.24) is 34.9 Å². The van der Waals surface area contributed by atoms with Crippen LogP contribution in [0.25, 0.3) is 252 Å².